The van der Waals surface area contributed by atoms with Crippen molar-refractivity contribution in [2.45, 2.75) is 167 Å². The van der Waals surface area contributed by atoms with Gasteiger partial charge >= 0.3 is 18.3 Å². The van der Waals surface area contributed by atoms with Gasteiger partial charge in [-0.1, -0.05) is 107 Å². The Labute approximate surface area is 781 Å². The van der Waals surface area contributed by atoms with Crippen LogP contribution in [-0.4, -0.2) is 125 Å². The second-order valence-corrected chi connectivity index (χ2v) is 36.9. The molecule has 3 aromatic heterocycles. The number of allylic oxidation sites excluding steroid dienone is 2. The van der Waals surface area contributed by atoms with Crippen LogP contribution in [0, 0.1) is 32.5 Å². The summed E-state index contributed by atoms with van der Waals surface area (Å²) in [5, 5.41) is 22.7. The summed E-state index contributed by atoms with van der Waals surface area (Å²) in [6.07, 6.45) is 12.0. The number of fused-ring (bicyclic) bond motifs is 32. The van der Waals surface area contributed by atoms with Crippen LogP contribution in [0.3, 0.4) is 0 Å². The minimum absolute atomic E-state index is 0.0199. The van der Waals surface area contributed by atoms with Crippen molar-refractivity contribution < 1.29 is 52.1 Å². The molecule has 0 spiro atoms. The van der Waals surface area contributed by atoms with E-state index in [9.17, 15) is 43.2 Å². The van der Waals surface area contributed by atoms with Gasteiger partial charge in [0.15, 0.2) is 11.6 Å². The van der Waals surface area contributed by atoms with Crippen LogP contribution in [0.1, 0.15) is 181 Å². The fraction of sp³-hybridized carbons (Fsp3) is 0.318. The molecule has 2 saturated heterocycles. The number of carbonyl (C=O) groups is 6. The second-order valence-electron chi connectivity index (χ2n) is 36.9. The zero-order valence-corrected chi connectivity index (χ0v) is 77.3. The van der Waals surface area contributed by atoms with Gasteiger partial charge in [0.1, 0.15) is 18.1 Å². The molecular formula is C107H113FN14O13. The van der Waals surface area contributed by atoms with Crippen LogP contribution >= 0.6 is 0 Å². The molecule has 27 nitrogen and oxygen atoms in total. The van der Waals surface area contributed by atoms with E-state index in [-0.39, 0.29) is 96.1 Å². The number of anilines is 8. The molecule has 28 heteroatoms. The number of piperidine rings is 1. The van der Waals surface area contributed by atoms with Crippen molar-refractivity contribution in [1.82, 2.24) is 29.7 Å². The number of aromatic nitrogens is 3. The number of halogens is 1. The van der Waals surface area contributed by atoms with Gasteiger partial charge in [0.2, 0.25) is 17.7 Å². The molecule has 11 heterocycles. The molecule has 22 rings (SSSR count). The van der Waals surface area contributed by atoms with Gasteiger partial charge in [-0.15, -0.1) is 0 Å². The Bertz CT molecular complexity index is 6860. The van der Waals surface area contributed by atoms with Crippen molar-refractivity contribution in [3.8, 4) is 5.75 Å². The molecule has 9 aromatic carbocycles. The summed E-state index contributed by atoms with van der Waals surface area (Å²) in [7, 11) is 5.24. The quantitative estimate of drug-likeness (QED) is 0.0574. The standard InChI is InChI=1S/C37H39N5O4.C35H37FN4O5.C35H37N5O4/c1-21-15-26-7-11-31(21)22(2)20-46-37(45)40-28-9-12-33(42-23(3)25-6-10-30(42)17-25)27(16-28)19-41(4)36(44)34(26)39-29-8-5-24-13-14-38-35(43)32(24)18-29;1-20-14-23-9-11-28(20)21(2)19-44-35(43)39-26-15-24(32(30(36)17-26)45-27-6-4-5-7-27)18-40(3)34(42)31(23)38-25-10-8-22-12-13-37-33(41)29(22)16-25;1-21-16-25-8-11-29(21)22(2)20-44-35(43)38-27-10-12-31(40-15-5-6-23(40)3)26(17-27)19-39(4)34(42)32(25)37-28-9-7-24-13-14-36-33(41)30(24)18-28/h5,7-9,11-16,18,22,25,30,34,39H,3,6,10,17,19-20H2,1-2,4H3,(H,38,43)(H,40,45);8-17,21,27,31,38H,4-7,18-19H2,1-3H3,(H,37,41)(H,39,43);7-14,16-18,22,32,37H,3,5-6,15,19-20H2,1-2,4H3,(H,36,41)(H,38,43)/t22-,25+,30-,34+;21-,31+;22-,32+/m000/s1. The fourth-order valence-corrected chi connectivity index (χ4v) is 20.0. The number of hydrogen-bond donors (Lipinski definition) is 9. The number of pyridine rings is 3. The van der Waals surface area contributed by atoms with E-state index in [0.29, 0.717) is 75.2 Å². The summed E-state index contributed by atoms with van der Waals surface area (Å²) in [5.41, 5.74) is 17.3. The van der Waals surface area contributed by atoms with Crippen molar-refractivity contribution in [2.24, 2.45) is 5.92 Å². The maximum atomic E-state index is 15.6. The van der Waals surface area contributed by atoms with E-state index in [1.54, 1.807) is 73.8 Å². The maximum Gasteiger partial charge on any atom is 0.411 e. The lowest BCUT2D eigenvalue weighted by Crippen LogP contribution is -2.36. The highest BCUT2D eigenvalue weighted by atomic mass is 19.1. The number of nitrogens with one attached hydrogen (secondary N) is 9. The van der Waals surface area contributed by atoms with Crippen LogP contribution in [0.25, 0.3) is 32.3 Å². The molecule has 8 aliphatic heterocycles. The van der Waals surface area contributed by atoms with Crippen molar-refractivity contribution in [2.75, 3.05) is 89.2 Å². The first-order valence-electron chi connectivity index (χ1n) is 46.2. The van der Waals surface area contributed by atoms with Crippen molar-refractivity contribution in [3.63, 3.8) is 0 Å². The first kappa shape index (κ1) is 91.9. The first-order valence-corrected chi connectivity index (χ1v) is 46.2. The number of aryl methyl sites for hydroxylation is 3. The van der Waals surface area contributed by atoms with E-state index in [4.69, 9.17) is 18.9 Å². The van der Waals surface area contributed by atoms with Gasteiger partial charge in [0.25, 0.3) is 16.7 Å². The van der Waals surface area contributed by atoms with Crippen LogP contribution in [0.15, 0.2) is 233 Å². The number of H-pyrrole nitrogens is 3. The number of carbonyl (C=O) groups excluding carboxylic acids is 6. The number of nitrogens with zero attached hydrogens (tertiary/aromatic N) is 5. The summed E-state index contributed by atoms with van der Waals surface area (Å²) in [4.78, 5) is 137. The van der Waals surface area contributed by atoms with Crippen LogP contribution in [0.4, 0.5) is 64.3 Å². The van der Waals surface area contributed by atoms with Crippen molar-refractivity contribution >= 4 is 114 Å². The lowest BCUT2D eigenvalue weighted by molar-refractivity contribution is -0.132. The monoisotopic (exact) mass is 1820 g/mol. The van der Waals surface area contributed by atoms with Crippen LogP contribution in [0.2, 0.25) is 0 Å². The summed E-state index contributed by atoms with van der Waals surface area (Å²) in [6.45, 7) is 22.6. The third kappa shape index (κ3) is 20.2. The van der Waals surface area contributed by atoms with Crippen LogP contribution < -0.4 is 63.1 Å². The summed E-state index contributed by atoms with van der Waals surface area (Å²) in [6, 6.07) is 52.3. The van der Waals surface area contributed by atoms with Crippen LogP contribution in [0.5, 0.6) is 5.75 Å². The number of ether oxygens (including phenoxy) is 4. The van der Waals surface area contributed by atoms with Gasteiger partial charge < -0.3 is 74.3 Å². The van der Waals surface area contributed by atoms with E-state index in [1.807, 2.05) is 187 Å². The average molecular weight is 1820 g/mol. The van der Waals surface area contributed by atoms with E-state index in [2.05, 4.69) is 69.8 Å². The number of hydrogen-bond acceptors (Lipinski definition) is 18. The highest BCUT2D eigenvalue weighted by molar-refractivity contribution is 5.94. The molecule has 2 aliphatic carbocycles. The SMILES string of the molecule is C=C1CCCN1c1ccc2cc1CN(C)C(=O)[C@H](Nc1ccc3cc[nH]c(=O)c3c1)c1ccc(c(C)c1)[C@@H](C)COC(=O)N2.C=C1[C@@H]2CC[C@@H](C2)N1c1ccc2cc1CN(C)C(=O)[C@H](Nc1ccc3cc[nH]c(=O)c3c1)c1ccc(c(C)c1)[C@@H](C)COC(=O)N2.Cc1cc2ccc1[C@@H](C)COC(=O)Nc1cc(F)c(OC3CCCC3)c(c1)CN(C)C(=O)[C@@H]2Nc1ccc2cc[nH]c(=O)c2c1. The Morgan fingerprint density at radius 2 is 0.830 bits per heavy atom. The number of aromatic amines is 3. The molecule has 10 aliphatic rings. The molecule has 2 saturated carbocycles. The summed E-state index contributed by atoms with van der Waals surface area (Å²) in [5.74, 6) is -0.841. The normalized spacial score (nSPS) is 20.7. The third-order valence-electron chi connectivity index (χ3n) is 27.2. The Balaban J connectivity index is 0.000000141. The molecule has 0 unspecified atom stereocenters. The zero-order chi connectivity index (χ0) is 94.7. The molecule has 12 aromatic rings. The van der Waals surface area contributed by atoms with E-state index >= 15 is 4.39 Å². The predicted octanol–water partition coefficient (Wildman–Crippen LogP) is 20.0. The first-order chi connectivity index (χ1) is 65.0. The maximum absolute atomic E-state index is 15.6. The van der Waals surface area contributed by atoms with Crippen LogP contribution in [-0.2, 0) is 48.2 Å². The Morgan fingerprint density at radius 3 is 1.23 bits per heavy atom. The van der Waals surface area contributed by atoms with Gasteiger partial charge in [-0.3, -0.25) is 44.7 Å². The smallest absolute Gasteiger partial charge is 0.411 e. The van der Waals surface area contributed by atoms with Gasteiger partial charge in [0.05, 0.1) is 25.9 Å². The van der Waals surface area contributed by atoms with Crippen molar-refractivity contribution in [1.29, 1.82) is 0 Å². The van der Waals surface area contributed by atoms with E-state index < -0.39 is 42.2 Å². The molecule has 135 heavy (non-hydrogen) atoms. The summed E-state index contributed by atoms with van der Waals surface area (Å²) >= 11 is 0. The molecule has 14 bridgehead atoms. The second kappa shape index (κ2) is 39.5. The molecule has 6 amide bonds. The highest BCUT2D eigenvalue weighted by Gasteiger charge is 2.43. The number of likely N-dealkylation sites (N-methyl/N-ethyl adjacent to an activating group) is 3. The zero-order valence-electron chi connectivity index (χ0n) is 77.3. The highest BCUT2D eigenvalue weighted by Crippen LogP contribution is 2.49. The number of benzene rings is 9. The molecule has 696 valence electrons. The topological polar surface area (TPSA) is 326 Å². The lowest BCUT2D eigenvalue weighted by atomic mass is 9.93. The van der Waals surface area contributed by atoms with Crippen molar-refractivity contribution in [3.05, 3.63) is 323 Å². The van der Waals surface area contributed by atoms with Gasteiger partial charge in [-0.05, 0) is 253 Å². The largest absolute Gasteiger partial charge is 0.487 e. The number of amides is 6. The molecule has 0 radical (unpaired) electrons. The predicted molar refractivity (Wildman–Crippen MR) is 527 cm³/mol. The minimum atomic E-state index is -0.825. The minimum Gasteiger partial charge on any atom is -0.487 e. The van der Waals surface area contributed by atoms with Gasteiger partial charge in [-0.25, -0.2) is 18.8 Å². The average Bonchev–Trinajstić information content (AvgIpc) is 1.61. The van der Waals surface area contributed by atoms with E-state index in [1.165, 1.54) is 11.0 Å². The Morgan fingerprint density at radius 1 is 0.430 bits per heavy atom. The van der Waals surface area contributed by atoms with Gasteiger partial charge in [0, 0.05) is 180 Å². The third-order valence-corrected chi connectivity index (χ3v) is 27.2. The Kier molecular flexibility index (Phi) is 26.9. The molecule has 9 N–H and O–H groups in total. The molecular weight excluding hydrogens is 1710 g/mol. The fourth-order valence-electron chi connectivity index (χ4n) is 20.0. The Hall–Kier alpha value is -15.0. The lowest BCUT2D eigenvalue weighted by Gasteiger charge is -2.34. The van der Waals surface area contributed by atoms with E-state index in [0.717, 1.165) is 164 Å². The van der Waals surface area contributed by atoms with Gasteiger partial charge in [-0.2, -0.15) is 0 Å². The summed E-state index contributed by atoms with van der Waals surface area (Å²) < 4.78 is 38.5. The molecule has 8 atom stereocenters. The number of rotatable bonds is 10. The molecule has 4 fully saturated rings.